The molecule has 0 spiro atoms. The van der Waals surface area contributed by atoms with Crippen molar-refractivity contribution in [1.29, 1.82) is 0 Å². The molecule has 0 aliphatic carbocycles. The minimum absolute atomic E-state index is 0.0884. The van der Waals surface area contributed by atoms with Crippen LogP contribution in [0, 0.1) is 0 Å². The first-order valence-electron chi connectivity index (χ1n) is 5.99. The third kappa shape index (κ3) is 4.28. The van der Waals surface area contributed by atoms with E-state index in [2.05, 4.69) is 5.32 Å². The van der Waals surface area contributed by atoms with E-state index in [0.29, 0.717) is 13.2 Å². The van der Waals surface area contributed by atoms with Gasteiger partial charge < -0.3 is 15.2 Å². The zero-order chi connectivity index (χ0) is 14.5. The quantitative estimate of drug-likeness (QED) is 0.716. The van der Waals surface area contributed by atoms with Gasteiger partial charge in [-0.2, -0.15) is 0 Å². The number of aliphatic hydroxyl groups excluding tert-OH is 1. The number of benzene rings is 1. The molecule has 19 heavy (non-hydrogen) atoms. The van der Waals surface area contributed by atoms with Crippen LogP contribution in [0.4, 0.5) is 0 Å². The van der Waals surface area contributed by atoms with E-state index < -0.39 is 15.4 Å². The summed E-state index contributed by atoms with van der Waals surface area (Å²) in [6, 6.07) is 6.53. The van der Waals surface area contributed by atoms with Gasteiger partial charge in [-0.15, -0.1) is 0 Å². The summed E-state index contributed by atoms with van der Waals surface area (Å²) in [4.78, 5) is 0.272. The number of nitrogens with one attached hydrogen (secondary N) is 1. The summed E-state index contributed by atoms with van der Waals surface area (Å²) in [5.41, 5.74) is 0.215. The molecule has 1 aromatic rings. The Bertz CT molecular complexity index is 498. The van der Waals surface area contributed by atoms with Crippen LogP contribution in [0.1, 0.15) is 12.5 Å². The Hall–Kier alpha value is -0.950. The summed E-state index contributed by atoms with van der Waals surface area (Å²) < 4.78 is 27.7. The predicted octanol–water partition coefficient (Wildman–Crippen LogP) is 0.534. The molecule has 0 radical (unpaired) electrons. The van der Waals surface area contributed by atoms with E-state index in [1.807, 2.05) is 6.92 Å². The first-order chi connectivity index (χ1) is 8.83. The topological polar surface area (TPSA) is 75.6 Å². The van der Waals surface area contributed by atoms with Crippen molar-refractivity contribution in [2.75, 3.05) is 33.1 Å². The van der Waals surface area contributed by atoms with E-state index in [1.165, 1.54) is 6.26 Å². The maximum Gasteiger partial charge on any atom is 0.175 e. The molecule has 108 valence electrons. The second-order valence-electron chi connectivity index (χ2n) is 4.71. The molecule has 0 heterocycles. The zero-order valence-corrected chi connectivity index (χ0v) is 12.3. The number of aliphatic hydroxyl groups is 1. The first-order valence-corrected chi connectivity index (χ1v) is 7.88. The molecule has 0 aromatic heterocycles. The highest BCUT2D eigenvalue weighted by Crippen LogP contribution is 2.21. The molecule has 0 aliphatic heterocycles. The van der Waals surface area contributed by atoms with Crippen LogP contribution < -0.4 is 5.32 Å². The molecule has 0 saturated heterocycles. The second kappa shape index (κ2) is 6.47. The summed E-state index contributed by atoms with van der Waals surface area (Å²) >= 11 is 0. The lowest BCUT2D eigenvalue weighted by Gasteiger charge is -2.29. The standard InChI is InChI=1S/C13H21NO4S/c1-13(10-15,14-8-9-18-2)11-4-6-12(7-5-11)19(3,16)17/h4-7,14-15H,8-10H2,1-3H3. The van der Waals surface area contributed by atoms with Gasteiger partial charge in [-0.1, -0.05) is 12.1 Å². The van der Waals surface area contributed by atoms with Crippen LogP contribution in [0.15, 0.2) is 29.2 Å². The normalized spacial score (nSPS) is 15.2. The third-order valence-electron chi connectivity index (χ3n) is 3.06. The molecule has 6 heteroatoms. The Balaban J connectivity index is 2.93. The number of methoxy groups -OCH3 is 1. The Morgan fingerprint density at radius 3 is 2.32 bits per heavy atom. The van der Waals surface area contributed by atoms with Crippen molar-refractivity contribution in [2.45, 2.75) is 17.4 Å². The second-order valence-corrected chi connectivity index (χ2v) is 6.72. The molecule has 1 aromatic carbocycles. The highest BCUT2D eigenvalue weighted by molar-refractivity contribution is 7.90. The van der Waals surface area contributed by atoms with E-state index in [9.17, 15) is 13.5 Å². The molecule has 1 unspecified atom stereocenters. The van der Waals surface area contributed by atoms with Gasteiger partial charge in [-0.05, 0) is 24.6 Å². The number of hydrogen-bond donors (Lipinski definition) is 2. The van der Waals surface area contributed by atoms with E-state index in [-0.39, 0.29) is 11.5 Å². The molecule has 0 aliphatic rings. The first kappa shape index (κ1) is 16.1. The van der Waals surface area contributed by atoms with Gasteiger partial charge in [0.05, 0.1) is 23.6 Å². The summed E-state index contributed by atoms with van der Waals surface area (Å²) in [6.07, 6.45) is 1.17. The summed E-state index contributed by atoms with van der Waals surface area (Å²) in [5.74, 6) is 0. The van der Waals surface area contributed by atoms with Crippen LogP contribution in [-0.4, -0.2) is 46.6 Å². The monoisotopic (exact) mass is 287 g/mol. The number of sulfone groups is 1. The van der Waals surface area contributed by atoms with Gasteiger partial charge in [-0.25, -0.2) is 8.42 Å². The molecule has 0 bridgehead atoms. The van der Waals surface area contributed by atoms with Crippen LogP contribution in [0.2, 0.25) is 0 Å². The lowest BCUT2D eigenvalue weighted by Crippen LogP contribution is -2.44. The smallest absolute Gasteiger partial charge is 0.175 e. The Morgan fingerprint density at radius 2 is 1.89 bits per heavy atom. The minimum Gasteiger partial charge on any atom is -0.394 e. The Morgan fingerprint density at radius 1 is 1.32 bits per heavy atom. The Kier molecular flexibility index (Phi) is 5.49. The van der Waals surface area contributed by atoms with Crippen molar-refractivity contribution >= 4 is 9.84 Å². The maximum atomic E-state index is 11.4. The van der Waals surface area contributed by atoms with Crippen molar-refractivity contribution in [3.05, 3.63) is 29.8 Å². The fourth-order valence-corrected chi connectivity index (χ4v) is 2.38. The van der Waals surface area contributed by atoms with Gasteiger partial charge in [0.2, 0.25) is 0 Å². The number of hydrogen-bond acceptors (Lipinski definition) is 5. The Labute approximate surface area is 114 Å². The highest BCUT2D eigenvalue weighted by atomic mass is 32.2. The average molecular weight is 287 g/mol. The van der Waals surface area contributed by atoms with Crippen LogP contribution in [0.3, 0.4) is 0 Å². The van der Waals surface area contributed by atoms with Crippen LogP contribution in [0.25, 0.3) is 0 Å². The predicted molar refractivity (Wildman–Crippen MR) is 73.9 cm³/mol. The molecule has 1 atom stereocenters. The van der Waals surface area contributed by atoms with Crippen LogP contribution >= 0.6 is 0 Å². The molecule has 0 amide bonds. The summed E-state index contributed by atoms with van der Waals surface area (Å²) in [7, 11) is -1.59. The minimum atomic E-state index is -3.20. The number of rotatable bonds is 7. The third-order valence-corrected chi connectivity index (χ3v) is 4.19. The molecule has 1 rings (SSSR count). The van der Waals surface area contributed by atoms with Crippen LogP contribution in [-0.2, 0) is 20.1 Å². The van der Waals surface area contributed by atoms with Gasteiger partial charge >= 0.3 is 0 Å². The van der Waals surface area contributed by atoms with Crippen molar-refractivity contribution < 1.29 is 18.3 Å². The average Bonchev–Trinajstić information content (AvgIpc) is 2.38. The number of ether oxygens (including phenoxy) is 1. The van der Waals surface area contributed by atoms with Crippen molar-refractivity contribution in [3.8, 4) is 0 Å². The maximum absolute atomic E-state index is 11.4. The molecule has 0 fully saturated rings. The molecule has 5 nitrogen and oxygen atoms in total. The van der Waals surface area contributed by atoms with E-state index >= 15 is 0 Å². The lowest BCUT2D eigenvalue weighted by atomic mass is 9.93. The molecule has 2 N–H and O–H groups in total. The van der Waals surface area contributed by atoms with Crippen LogP contribution in [0.5, 0.6) is 0 Å². The fraction of sp³-hybridized carbons (Fsp3) is 0.538. The van der Waals surface area contributed by atoms with Gasteiger partial charge in [0.25, 0.3) is 0 Å². The SMILES string of the molecule is COCCNC(C)(CO)c1ccc(S(C)(=O)=O)cc1. The van der Waals surface area contributed by atoms with Gasteiger partial charge in [-0.3, -0.25) is 0 Å². The molecule has 0 saturated carbocycles. The van der Waals surface area contributed by atoms with Gasteiger partial charge in [0, 0.05) is 19.9 Å². The largest absolute Gasteiger partial charge is 0.394 e. The zero-order valence-electron chi connectivity index (χ0n) is 11.5. The summed E-state index contributed by atoms with van der Waals surface area (Å²) in [5, 5.41) is 12.7. The molecular weight excluding hydrogens is 266 g/mol. The van der Waals surface area contributed by atoms with Gasteiger partial charge in [0.1, 0.15) is 0 Å². The van der Waals surface area contributed by atoms with Crippen molar-refractivity contribution in [1.82, 2.24) is 5.32 Å². The lowest BCUT2D eigenvalue weighted by molar-refractivity contribution is 0.148. The van der Waals surface area contributed by atoms with Crippen molar-refractivity contribution in [2.24, 2.45) is 0 Å². The van der Waals surface area contributed by atoms with E-state index in [0.717, 1.165) is 5.56 Å². The highest BCUT2D eigenvalue weighted by Gasteiger charge is 2.25. The van der Waals surface area contributed by atoms with Gasteiger partial charge in [0.15, 0.2) is 9.84 Å². The fourth-order valence-electron chi connectivity index (χ4n) is 1.75. The van der Waals surface area contributed by atoms with E-state index in [4.69, 9.17) is 4.74 Å². The van der Waals surface area contributed by atoms with E-state index in [1.54, 1.807) is 31.4 Å². The van der Waals surface area contributed by atoms with Crippen molar-refractivity contribution in [3.63, 3.8) is 0 Å². The summed E-state index contributed by atoms with van der Waals surface area (Å²) in [6.45, 7) is 2.91. The molecular formula is C13H21NO4S.